The van der Waals surface area contributed by atoms with Crippen LogP contribution in [0, 0.1) is 0 Å². The number of unbranched alkanes of at least 4 members (excludes halogenated alkanes) is 3. The highest BCUT2D eigenvalue weighted by Crippen LogP contribution is 2.29. The van der Waals surface area contributed by atoms with Gasteiger partial charge in [0.15, 0.2) is 0 Å². The van der Waals surface area contributed by atoms with Gasteiger partial charge in [0.25, 0.3) is 0 Å². The summed E-state index contributed by atoms with van der Waals surface area (Å²) in [6.07, 6.45) is 8.24. The predicted octanol–water partition coefficient (Wildman–Crippen LogP) is 5.07. The molecule has 0 aliphatic rings. The van der Waals surface area contributed by atoms with E-state index in [-0.39, 0.29) is 0 Å². The minimum Gasteiger partial charge on any atom is -0.275 e. The topological polar surface area (TPSA) is 17.8 Å². The van der Waals surface area contributed by atoms with Gasteiger partial charge in [-0.2, -0.15) is 5.10 Å². The maximum absolute atomic E-state index is 4.60. The highest BCUT2D eigenvalue weighted by Gasteiger charge is 2.12. The van der Waals surface area contributed by atoms with E-state index >= 15 is 0 Å². The van der Waals surface area contributed by atoms with Gasteiger partial charge in [-0.05, 0) is 18.4 Å². The standard InChI is InChI=1S/C18H24N2/c1-4-5-6-8-11-15(2)17-14-20(3)19-18(17)16-12-9-7-10-13-16/h7,9-10,12-14H,2,4-6,8,11H2,1,3H3. The Bertz CT molecular complexity index is 552. The first-order valence-electron chi connectivity index (χ1n) is 7.49. The Labute approximate surface area is 122 Å². The normalized spacial score (nSPS) is 10.7. The smallest absolute Gasteiger partial charge is 0.0997 e. The quantitative estimate of drug-likeness (QED) is 0.641. The molecule has 2 nitrogen and oxygen atoms in total. The summed E-state index contributed by atoms with van der Waals surface area (Å²) in [6.45, 7) is 6.51. The van der Waals surface area contributed by atoms with Crippen LogP contribution in [0.3, 0.4) is 0 Å². The van der Waals surface area contributed by atoms with Crippen LogP contribution in [0.25, 0.3) is 16.8 Å². The number of hydrogen-bond acceptors (Lipinski definition) is 1. The van der Waals surface area contributed by atoms with Crippen molar-refractivity contribution < 1.29 is 0 Å². The van der Waals surface area contributed by atoms with Crippen molar-refractivity contribution in [3.05, 3.63) is 48.7 Å². The van der Waals surface area contributed by atoms with Crippen LogP contribution >= 0.6 is 0 Å². The molecule has 0 saturated carbocycles. The second-order valence-electron chi connectivity index (χ2n) is 5.35. The Kier molecular flexibility index (Phi) is 5.16. The molecule has 2 rings (SSSR count). The molecular formula is C18H24N2. The Morgan fingerprint density at radius 1 is 1.15 bits per heavy atom. The summed E-state index contributed by atoms with van der Waals surface area (Å²) < 4.78 is 1.88. The fourth-order valence-corrected chi connectivity index (χ4v) is 2.46. The minimum absolute atomic E-state index is 1.05. The van der Waals surface area contributed by atoms with E-state index in [2.05, 4.69) is 49.1 Å². The molecule has 1 aromatic heterocycles. The van der Waals surface area contributed by atoms with Crippen molar-refractivity contribution in [1.82, 2.24) is 9.78 Å². The van der Waals surface area contributed by atoms with Crippen molar-refractivity contribution in [1.29, 1.82) is 0 Å². The van der Waals surface area contributed by atoms with Gasteiger partial charge in [0.1, 0.15) is 0 Å². The van der Waals surface area contributed by atoms with Crippen LogP contribution in [0.5, 0.6) is 0 Å². The largest absolute Gasteiger partial charge is 0.275 e. The Balaban J connectivity index is 2.14. The fraction of sp³-hybridized carbons (Fsp3) is 0.389. The summed E-state index contributed by atoms with van der Waals surface area (Å²) in [5.74, 6) is 0. The van der Waals surface area contributed by atoms with Gasteiger partial charge in [0.05, 0.1) is 5.69 Å². The van der Waals surface area contributed by atoms with Crippen LogP contribution in [-0.2, 0) is 7.05 Å². The van der Waals surface area contributed by atoms with Crippen molar-refractivity contribution >= 4 is 5.57 Å². The van der Waals surface area contributed by atoms with Gasteiger partial charge >= 0.3 is 0 Å². The minimum atomic E-state index is 1.05. The highest BCUT2D eigenvalue weighted by atomic mass is 15.2. The van der Waals surface area contributed by atoms with Crippen molar-refractivity contribution in [2.45, 2.75) is 39.0 Å². The first kappa shape index (κ1) is 14.6. The average molecular weight is 268 g/mol. The molecule has 2 aromatic rings. The highest BCUT2D eigenvalue weighted by molar-refractivity contribution is 5.77. The maximum Gasteiger partial charge on any atom is 0.0997 e. The monoisotopic (exact) mass is 268 g/mol. The van der Waals surface area contributed by atoms with E-state index in [4.69, 9.17) is 0 Å². The van der Waals surface area contributed by atoms with Gasteiger partial charge in [-0.15, -0.1) is 0 Å². The average Bonchev–Trinajstić information content (AvgIpc) is 2.86. The molecule has 0 aliphatic heterocycles. The van der Waals surface area contributed by atoms with Crippen molar-refractivity contribution in [3.8, 4) is 11.3 Å². The van der Waals surface area contributed by atoms with Crippen molar-refractivity contribution in [3.63, 3.8) is 0 Å². The third-order valence-electron chi connectivity index (χ3n) is 3.59. The molecule has 0 amide bonds. The van der Waals surface area contributed by atoms with Crippen LogP contribution in [0.4, 0.5) is 0 Å². The number of hydrogen-bond donors (Lipinski definition) is 0. The van der Waals surface area contributed by atoms with Crippen molar-refractivity contribution in [2.75, 3.05) is 0 Å². The summed E-state index contributed by atoms with van der Waals surface area (Å²) in [6, 6.07) is 10.4. The van der Waals surface area contributed by atoms with Crippen LogP contribution in [0.2, 0.25) is 0 Å². The molecule has 0 radical (unpaired) electrons. The van der Waals surface area contributed by atoms with Gasteiger partial charge < -0.3 is 0 Å². The van der Waals surface area contributed by atoms with Crippen molar-refractivity contribution in [2.24, 2.45) is 7.05 Å². The molecule has 0 bridgehead atoms. The molecule has 0 aliphatic carbocycles. The summed E-state index contributed by atoms with van der Waals surface area (Å²) in [5, 5.41) is 4.60. The number of nitrogens with zero attached hydrogens (tertiary/aromatic N) is 2. The van der Waals surface area contributed by atoms with E-state index in [1.807, 2.05) is 17.8 Å². The zero-order valence-electron chi connectivity index (χ0n) is 12.6. The molecule has 1 heterocycles. The van der Waals surface area contributed by atoms with E-state index in [0.29, 0.717) is 0 Å². The molecule has 1 aromatic carbocycles. The first-order valence-corrected chi connectivity index (χ1v) is 7.49. The van der Waals surface area contributed by atoms with Crippen LogP contribution in [0.1, 0.15) is 44.6 Å². The van der Waals surface area contributed by atoms with Gasteiger partial charge in [0, 0.05) is 24.4 Å². The molecule has 20 heavy (non-hydrogen) atoms. The Hall–Kier alpha value is -1.83. The molecule has 0 saturated heterocycles. The lowest BCUT2D eigenvalue weighted by molar-refractivity contribution is 0.679. The maximum atomic E-state index is 4.60. The summed E-state index contributed by atoms with van der Waals surface area (Å²) >= 11 is 0. The van der Waals surface area contributed by atoms with Crippen LogP contribution < -0.4 is 0 Å². The fourth-order valence-electron chi connectivity index (χ4n) is 2.46. The van der Waals surface area contributed by atoms with Gasteiger partial charge in [0.2, 0.25) is 0 Å². The number of benzene rings is 1. The SMILES string of the molecule is C=C(CCCCCC)c1cn(C)nc1-c1ccccc1. The van der Waals surface area contributed by atoms with E-state index in [9.17, 15) is 0 Å². The first-order chi connectivity index (χ1) is 9.72. The van der Waals surface area contributed by atoms with E-state index in [1.54, 1.807) is 0 Å². The molecule has 0 fully saturated rings. The molecular weight excluding hydrogens is 244 g/mol. The zero-order chi connectivity index (χ0) is 14.4. The summed E-state index contributed by atoms with van der Waals surface area (Å²) in [4.78, 5) is 0. The predicted molar refractivity (Wildman–Crippen MR) is 86.4 cm³/mol. The molecule has 2 heteroatoms. The zero-order valence-corrected chi connectivity index (χ0v) is 12.6. The van der Waals surface area contributed by atoms with Gasteiger partial charge in [-0.1, -0.05) is 63.1 Å². The molecule has 0 spiro atoms. The van der Waals surface area contributed by atoms with Gasteiger partial charge in [-0.25, -0.2) is 0 Å². The summed E-state index contributed by atoms with van der Waals surface area (Å²) in [5.41, 5.74) is 4.61. The number of aromatic nitrogens is 2. The third kappa shape index (κ3) is 3.60. The van der Waals surface area contributed by atoms with E-state index < -0.39 is 0 Å². The number of rotatable bonds is 7. The second kappa shape index (κ2) is 7.09. The Morgan fingerprint density at radius 2 is 1.90 bits per heavy atom. The summed E-state index contributed by atoms with van der Waals surface area (Å²) in [7, 11) is 1.97. The van der Waals surface area contributed by atoms with Crippen LogP contribution in [0.15, 0.2) is 43.1 Å². The number of aryl methyl sites for hydroxylation is 1. The Morgan fingerprint density at radius 3 is 2.60 bits per heavy atom. The lowest BCUT2D eigenvalue weighted by Crippen LogP contribution is -1.88. The molecule has 106 valence electrons. The van der Waals surface area contributed by atoms with E-state index in [1.165, 1.54) is 36.8 Å². The lowest BCUT2D eigenvalue weighted by atomic mass is 9.98. The molecule has 0 N–H and O–H groups in total. The van der Waals surface area contributed by atoms with Gasteiger partial charge in [-0.3, -0.25) is 4.68 Å². The molecule has 0 unspecified atom stereocenters. The van der Waals surface area contributed by atoms with E-state index in [0.717, 1.165) is 17.7 Å². The number of allylic oxidation sites excluding steroid dienone is 1. The second-order valence-corrected chi connectivity index (χ2v) is 5.35. The lowest BCUT2D eigenvalue weighted by Gasteiger charge is -2.06. The van der Waals surface area contributed by atoms with Crippen LogP contribution in [-0.4, -0.2) is 9.78 Å². The third-order valence-corrected chi connectivity index (χ3v) is 3.59. The molecule has 0 atom stereocenters.